The van der Waals surface area contributed by atoms with Crippen LogP contribution >= 0.6 is 0 Å². The third-order valence-electron chi connectivity index (χ3n) is 3.64. The lowest BCUT2D eigenvalue weighted by Crippen LogP contribution is -2.46. The average Bonchev–Trinajstić information content (AvgIpc) is 3.10. The first-order valence-corrected chi connectivity index (χ1v) is 6.47. The van der Waals surface area contributed by atoms with Crippen LogP contribution in [-0.2, 0) is 9.53 Å². The SMILES string of the molecule is O=C(Nc1ccc2ncncc2c1)C1CC2NNC1O2. The Labute approximate surface area is 114 Å². The number of aromatic nitrogens is 2. The summed E-state index contributed by atoms with van der Waals surface area (Å²) in [5.41, 5.74) is 7.51. The van der Waals surface area contributed by atoms with Gasteiger partial charge in [-0.3, -0.25) is 4.79 Å². The van der Waals surface area contributed by atoms with E-state index >= 15 is 0 Å². The predicted octanol–water partition coefficient (Wildman–Crippen LogP) is 0.365. The summed E-state index contributed by atoms with van der Waals surface area (Å²) >= 11 is 0. The number of hydrogen-bond donors (Lipinski definition) is 3. The summed E-state index contributed by atoms with van der Waals surface area (Å²) in [7, 11) is 0. The second-order valence-electron chi connectivity index (χ2n) is 4.96. The Kier molecular flexibility index (Phi) is 2.62. The highest BCUT2D eigenvalue weighted by molar-refractivity contribution is 5.95. The van der Waals surface area contributed by atoms with Crippen molar-refractivity contribution in [2.24, 2.45) is 5.92 Å². The number of carbonyl (C=O) groups excluding carboxylic acids is 1. The molecule has 7 nitrogen and oxygen atoms in total. The fourth-order valence-corrected chi connectivity index (χ4v) is 2.63. The predicted molar refractivity (Wildman–Crippen MR) is 71.2 cm³/mol. The molecule has 2 aliphatic rings. The van der Waals surface area contributed by atoms with E-state index in [1.807, 2.05) is 18.2 Å². The Morgan fingerprint density at radius 2 is 2.35 bits per heavy atom. The van der Waals surface area contributed by atoms with Gasteiger partial charge < -0.3 is 10.1 Å². The lowest BCUT2D eigenvalue weighted by atomic mass is 10.0. The molecule has 2 saturated heterocycles. The summed E-state index contributed by atoms with van der Waals surface area (Å²) in [5, 5.41) is 3.82. The van der Waals surface area contributed by atoms with Crippen molar-refractivity contribution in [1.29, 1.82) is 0 Å². The molecule has 20 heavy (non-hydrogen) atoms. The van der Waals surface area contributed by atoms with E-state index < -0.39 is 0 Å². The molecule has 7 heteroatoms. The Hall–Kier alpha value is -2.09. The fraction of sp³-hybridized carbons (Fsp3) is 0.308. The highest BCUT2D eigenvalue weighted by Crippen LogP contribution is 2.28. The zero-order valence-corrected chi connectivity index (χ0v) is 10.5. The summed E-state index contributed by atoms with van der Waals surface area (Å²) in [4.78, 5) is 20.4. The van der Waals surface area contributed by atoms with Crippen molar-refractivity contribution < 1.29 is 9.53 Å². The highest BCUT2D eigenvalue weighted by atomic mass is 16.6. The van der Waals surface area contributed by atoms with Crippen LogP contribution in [0.4, 0.5) is 5.69 Å². The molecular weight excluding hydrogens is 258 g/mol. The van der Waals surface area contributed by atoms with Gasteiger partial charge in [-0.1, -0.05) is 0 Å². The van der Waals surface area contributed by atoms with Crippen LogP contribution in [0.5, 0.6) is 0 Å². The Morgan fingerprint density at radius 1 is 1.40 bits per heavy atom. The number of nitrogens with zero attached hydrogens (tertiary/aromatic N) is 2. The second-order valence-corrected chi connectivity index (χ2v) is 4.96. The molecule has 0 radical (unpaired) electrons. The molecule has 3 heterocycles. The Balaban J connectivity index is 1.53. The topological polar surface area (TPSA) is 88.2 Å². The highest BCUT2D eigenvalue weighted by Gasteiger charge is 2.44. The maximum Gasteiger partial charge on any atom is 0.231 e. The van der Waals surface area contributed by atoms with Crippen LogP contribution in [0, 0.1) is 5.92 Å². The Bertz CT molecular complexity index is 677. The van der Waals surface area contributed by atoms with E-state index in [0.717, 1.165) is 16.6 Å². The van der Waals surface area contributed by atoms with Gasteiger partial charge in [-0.25, -0.2) is 20.8 Å². The number of benzene rings is 1. The van der Waals surface area contributed by atoms with E-state index in [1.54, 1.807) is 6.20 Å². The van der Waals surface area contributed by atoms with Gasteiger partial charge in [0.05, 0.1) is 11.4 Å². The number of nitrogens with one attached hydrogen (secondary N) is 3. The number of fused-ring (bicyclic) bond motifs is 3. The van der Waals surface area contributed by atoms with Crippen molar-refractivity contribution in [3.8, 4) is 0 Å². The minimum Gasteiger partial charge on any atom is -0.342 e. The van der Waals surface area contributed by atoms with Crippen molar-refractivity contribution in [2.75, 3.05) is 5.32 Å². The molecule has 3 unspecified atom stereocenters. The van der Waals surface area contributed by atoms with E-state index in [0.29, 0.717) is 6.42 Å². The van der Waals surface area contributed by atoms with E-state index in [1.165, 1.54) is 6.33 Å². The third-order valence-corrected chi connectivity index (χ3v) is 3.64. The van der Waals surface area contributed by atoms with E-state index in [2.05, 4.69) is 26.1 Å². The second kappa shape index (κ2) is 4.48. The Morgan fingerprint density at radius 3 is 3.15 bits per heavy atom. The smallest absolute Gasteiger partial charge is 0.231 e. The zero-order valence-electron chi connectivity index (χ0n) is 10.5. The van der Waals surface area contributed by atoms with Crippen LogP contribution in [-0.4, -0.2) is 28.3 Å². The third kappa shape index (κ3) is 1.92. The van der Waals surface area contributed by atoms with Gasteiger partial charge in [-0.15, -0.1) is 0 Å². The molecule has 2 fully saturated rings. The molecule has 1 aromatic heterocycles. The van der Waals surface area contributed by atoms with Gasteiger partial charge >= 0.3 is 0 Å². The van der Waals surface area contributed by atoms with E-state index in [4.69, 9.17) is 4.74 Å². The van der Waals surface area contributed by atoms with Crippen LogP contribution in [0.3, 0.4) is 0 Å². The molecule has 3 N–H and O–H groups in total. The number of hydrazine groups is 1. The van der Waals surface area contributed by atoms with E-state index in [-0.39, 0.29) is 24.3 Å². The molecule has 102 valence electrons. The first-order valence-electron chi connectivity index (χ1n) is 6.47. The summed E-state index contributed by atoms with van der Waals surface area (Å²) in [5.74, 6) is -0.216. The van der Waals surface area contributed by atoms with Crippen LogP contribution in [0.1, 0.15) is 6.42 Å². The molecule has 3 atom stereocenters. The molecule has 2 aromatic rings. The van der Waals surface area contributed by atoms with Crippen molar-refractivity contribution in [2.45, 2.75) is 18.9 Å². The number of amides is 1. The van der Waals surface area contributed by atoms with Crippen molar-refractivity contribution in [1.82, 2.24) is 20.8 Å². The van der Waals surface area contributed by atoms with Crippen molar-refractivity contribution in [3.63, 3.8) is 0 Å². The monoisotopic (exact) mass is 271 g/mol. The number of carbonyl (C=O) groups is 1. The van der Waals surface area contributed by atoms with Crippen LogP contribution in [0.2, 0.25) is 0 Å². The average molecular weight is 271 g/mol. The van der Waals surface area contributed by atoms with Gasteiger partial charge in [0.15, 0.2) is 0 Å². The summed E-state index contributed by atoms with van der Waals surface area (Å²) in [6.45, 7) is 0. The van der Waals surface area contributed by atoms with Gasteiger partial charge in [0.25, 0.3) is 0 Å². The molecule has 0 saturated carbocycles. The molecule has 2 bridgehead atoms. The number of hydrogen-bond acceptors (Lipinski definition) is 6. The van der Waals surface area contributed by atoms with Crippen LogP contribution < -0.4 is 16.2 Å². The molecule has 0 spiro atoms. The maximum absolute atomic E-state index is 12.3. The minimum absolute atomic E-state index is 0.0392. The normalized spacial score (nSPS) is 27.9. The molecule has 1 aromatic carbocycles. The summed E-state index contributed by atoms with van der Waals surface area (Å²) in [6, 6.07) is 5.57. The summed E-state index contributed by atoms with van der Waals surface area (Å²) in [6.07, 6.45) is 3.60. The van der Waals surface area contributed by atoms with Crippen LogP contribution in [0.15, 0.2) is 30.7 Å². The molecule has 1 amide bonds. The largest absolute Gasteiger partial charge is 0.342 e. The van der Waals surface area contributed by atoms with Gasteiger partial charge in [0.2, 0.25) is 5.91 Å². The molecule has 0 aliphatic carbocycles. The van der Waals surface area contributed by atoms with Crippen molar-refractivity contribution in [3.05, 3.63) is 30.7 Å². The van der Waals surface area contributed by atoms with Gasteiger partial charge in [0, 0.05) is 23.7 Å². The van der Waals surface area contributed by atoms with Crippen molar-refractivity contribution >= 4 is 22.5 Å². The lowest BCUT2D eigenvalue weighted by molar-refractivity contribution is -0.121. The molecular formula is C13H13N5O2. The minimum atomic E-state index is -0.246. The van der Waals surface area contributed by atoms with Gasteiger partial charge in [-0.05, 0) is 18.2 Å². The first kappa shape index (κ1) is 11.7. The first-order chi connectivity index (χ1) is 9.79. The van der Waals surface area contributed by atoms with Gasteiger partial charge in [0.1, 0.15) is 18.8 Å². The number of ether oxygens (including phenoxy) is 1. The quantitative estimate of drug-likeness (QED) is 0.731. The molecule has 4 rings (SSSR count). The zero-order chi connectivity index (χ0) is 13.5. The maximum atomic E-state index is 12.3. The molecule has 2 aliphatic heterocycles. The number of anilines is 1. The fourth-order valence-electron chi connectivity index (χ4n) is 2.63. The van der Waals surface area contributed by atoms with Crippen LogP contribution in [0.25, 0.3) is 10.9 Å². The van der Waals surface area contributed by atoms with E-state index in [9.17, 15) is 4.79 Å². The summed E-state index contributed by atoms with van der Waals surface area (Å²) < 4.78 is 5.51. The lowest BCUT2D eigenvalue weighted by Gasteiger charge is -2.19. The number of rotatable bonds is 2. The van der Waals surface area contributed by atoms with Gasteiger partial charge in [-0.2, -0.15) is 0 Å². The standard InChI is InChI=1S/C13H13N5O2/c19-12(9-4-11-17-18-13(9)20-11)16-8-1-2-10-7(3-8)5-14-6-15-10/h1-3,5-6,9,11,13,17-18H,4H2,(H,16,19).